The van der Waals surface area contributed by atoms with Crippen molar-refractivity contribution in [2.45, 2.75) is 32.2 Å². The summed E-state index contributed by atoms with van der Waals surface area (Å²) in [5.74, 6) is 0.930. The number of thioether (sulfide) groups is 1. The number of rotatable bonds is 9. The van der Waals surface area contributed by atoms with Gasteiger partial charge in [-0.2, -0.15) is 11.8 Å². The summed E-state index contributed by atoms with van der Waals surface area (Å²) in [6.45, 7) is 4.54. The molecule has 6 heteroatoms. The molecule has 1 unspecified atom stereocenters. The molecule has 0 spiro atoms. The van der Waals surface area contributed by atoms with Gasteiger partial charge in [-0.3, -0.25) is 9.59 Å². The summed E-state index contributed by atoms with van der Waals surface area (Å²) in [7, 11) is 3.11. The first-order valence-corrected chi connectivity index (χ1v) is 7.27. The molecule has 0 aliphatic heterocycles. The van der Waals surface area contributed by atoms with Crippen LogP contribution in [0.3, 0.4) is 0 Å². The lowest BCUT2D eigenvalue weighted by Gasteiger charge is -2.25. The number of esters is 1. The van der Waals surface area contributed by atoms with Gasteiger partial charge in [-0.05, 0) is 32.6 Å². The predicted molar refractivity (Wildman–Crippen MR) is 74.7 cm³/mol. The van der Waals surface area contributed by atoms with Gasteiger partial charge in [0.1, 0.15) is 5.54 Å². The number of likely N-dealkylation sites (N-methyl/N-ethyl adjacent to an activating group) is 1. The van der Waals surface area contributed by atoms with E-state index in [4.69, 9.17) is 4.74 Å². The van der Waals surface area contributed by atoms with E-state index in [1.165, 1.54) is 18.9 Å². The molecule has 5 nitrogen and oxygen atoms in total. The van der Waals surface area contributed by atoms with E-state index in [1.54, 1.807) is 14.0 Å². The first kappa shape index (κ1) is 17.2. The molecule has 1 atom stereocenters. The van der Waals surface area contributed by atoms with Crippen LogP contribution in [0, 0.1) is 0 Å². The van der Waals surface area contributed by atoms with Crippen molar-refractivity contribution in [3.05, 3.63) is 0 Å². The highest BCUT2D eigenvalue weighted by atomic mass is 32.2. The standard InChI is InChI=1S/C12H24N2O3S/c1-5-7-14-10(15)9-18-8-6-12(2,13-3)11(16)17-4/h13H,5-9H2,1-4H3,(H,14,15). The van der Waals surface area contributed by atoms with Crippen molar-refractivity contribution in [2.75, 3.05) is 32.2 Å². The fourth-order valence-electron chi connectivity index (χ4n) is 1.31. The Morgan fingerprint density at radius 2 is 2.06 bits per heavy atom. The van der Waals surface area contributed by atoms with Crippen LogP contribution in [-0.4, -0.2) is 49.6 Å². The molecule has 0 radical (unpaired) electrons. The van der Waals surface area contributed by atoms with Crippen LogP contribution in [0.2, 0.25) is 0 Å². The quantitative estimate of drug-likeness (QED) is 0.481. The van der Waals surface area contributed by atoms with Crippen LogP contribution in [0.15, 0.2) is 0 Å². The Kier molecular flexibility index (Phi) is 8.83. The Balaban J connectivity index is 3.88. The van der Waals surface area contributed by atoms with Gasteiger partial charge < -0.3 is 15.4 Å². The van der Waals surface area contributed by atoms with Crippen LogP contribution < -0.4 is 10.6 Å². The Labute approximate surface area is 113 Å². The van der Waals surface area contributed by atoms with Crippen molar-refractivity contribution >= 4 is 23.6 Å². The predicted octanol–water partition coefficient (Wildman–Crippen LogP) is 0.787. The van der Waals surface area contributed by atoms with Gasteiger partial charge in [-0.1, -0.05) is 6.92 Å². The van der Waals surface area contributed by atoms with Crippen molar-refractivity contribution in [2.24, 2.45) is 0 Å². The zero-order valence-electron chi connectivity index (χ0n) is 11.7. The minimum Gasteiger partial charge on any atom is -0.468 e. The molecule has 0 rings (SSSR count). The zero-order chi connectivity index (χ0) is 14.0. The fourth-order valence-corrected chi connectivity index (χ4v) is 2.30. The molecule has 0 fully saturated rings. The third kappa shape index (κ3) is 6.26. The number of carbonyl (C=O) groups is 2. The van der Waals surface area contributed by atoms with E-state index in [0.717, 1.165) is 18.7 Å². The number of ether oxygens (including phenoxy) is 1. The maximum absolute atomic E-state index is 11.6. The van der Waals surface area contributed by atoms with Gasteiger partial charge in [0, 0.05) is 6.54 Å². The van der Waals surface area contributed by atoms with E-state index in [9.17, 15) is 9.59 Å². The molecule has 1 amide bonds. The second kappa shape index (κ2) is 9.22. The van der Waals surface area contributed by atoms with Crippen LogP contribution in [0.4, 0.5) is 0 Å². The number of methoxy groups -OCH3 is 1. The Morgan fingerprint density at radius 1 is 1.39 bits per heavy atom. The molecule has 0 aliphatic carbocycles. The van der Waals surface area contributed by atoms with E-state index in [1.807, 2.05) is 6.92 Å². The number of amides is 1. The fraction of sp³-hybridized carbons (Fsp3) is 0.833. The van der Waals surface area contributed by atoms with Crippen molar-refractivity contribution in [1.29, 1.82) is 0 Å². The zero-order valence-corrected chi connectivity index (χ0v) is 12.5. The monoisotopic (exact) mass is 276 g/mol. The number of hydrogen-bond acceptors (Lipinski definition) is 5. The maximum Gasteiger partial charge on any atom is 0.325 e. The molecule has 106 valence electrons. The van der Waals surface area contributed by atoms with Crippen molar-refractivity contribution in [3.63, 3.8) is 0 Å². The van der Waals surface area contributed by atoms with E-state index in [2.05, 4.69) is 10.6 Å². The minimum atomic E-state index is -0.679. The number of carbonyl (C=O) groups excluding carboxylic acids is 2. The first-order chi connectivity index (χ1) is 8.50. The van der Waals surface area contributed by atoms with E-state index < -0.39 is 5.54 Å². The molecule has 0 aliphatic rings. The molecule has 2 N–H and O–H groups in total. The number of hydrogen-bond donors (Lipinski definition) is 2. The average Bonchev–Trinajstić information content (AvgIpc) is 2.39. The maximum atomic E-state index is 11.6. The molecule has 0 aromatic rings. The highest BCUT2D eigenvalue weighted by molar-refractivity contribution is 7.99. The smallest absolute Gasteiger partial charge is 0.325 e. The molecule has 0 aromatic heterocycles. The second-order valence-electron chi connectivity index (χ2n) is 4.23. The van der Waals surface area contributed by atoms with Crippen LogP contribution >= 0.6 is 11.8 Å². The van der Waals surface area contributed by atoms with Crippen molar-refractivity contribution in [3.8, 4) is 0 Å². The van der Waals surface area contributed by atoms with Gasteiger partial charge in [0.25, 0.3) is 0 Å². The summed E-state index contributed by atoms with van der Waals surface area (Å²) >= 11 is 1.52. The highest BCUT2D eigenvalue weighted by Crippen LogP contribution is 2.15. The van der Waals surface area contributed by atoms with Crippen molar-refractivity contribution < 1.29 is 14.3 Å². The summed E-state index contributed by atoms with van der Waals surface area (Å²) in [5, 5.41) is 5.77. The third-order valence-electron chi connectivity index (χ3n) is 2.74. The molecular weight excluding hydrogens is 252 g/mol. The van der Waals surface area contributed by atoms with E-state index in [0.29, 0.717) is 12.2 Å². The van der Waals surface area contributed by atoms with Crippen LogP contribution in [-0.2, 0) is 14.3 Å². The number of nitrogens with one attached hydrogen (secondary N) is 2. The van der Waals surface area contributed by atoms with E-state index >= 15 is 0 Å². The Bertz CT molecular complexity index is 274. The third-order valence-corrected chi connectivity index (χ3v) is 3.70. The largest absolute Gasteiger partial charge is 0.468 e. The summed E-state index contributed by atoms with van der Waals surface area (Å²) < 4.78 is 4.75. The second-order valence-corrected chi connectivity index (χ2v) is 5.33. The molecular formula is C12H24N2O3S. The van der Waals surface area contributed by atoms with Gasteiger partial charge in [-0.25, -0.2) is 0 Å². The van der Waals surface area contributed by atoms with Crippen LogP contribution in [0.5, 0.6) is 0 Å². The summed E-state index contributed by atoms with van der Waals surface area (Å²) in [4.78, 5) is 22.9. The van der Waals surface area contributed by atoms with Gasteiger partial charge >= 0.3 is 5.97 Å². The summed E-state index contributed by atoms with van der Waals surface area (Å²) in [6.07, 6.45) is 1.57. The van der Waals surface area contributed by atoms with Gasteiger partial charge in [-0.15, -0.1) is 0 Å². The molecule has 0 saturated heterocycles. The topological polar surface area (TPSA) is 67.4 Å². The molecule has 0 saturated carbocycles. The Hall–Kier alpha value is -0.750. The van der Waals surface area contributed by atoms with E-state index in [-0.39, 0.29) is 11.9 Å². The van der Waals surface area contributed by atoms with Gasteiger partial charge in [0.05, 0.1) is 12.9 Å². The normalized spacial score (nSPS) is 13.8. The lowest BCUT2D eigenvalue weighted by molar-refractivity contribution is -0.147. The minimum absolute atomic E-state index is 0.0473. The summed E-state index contributed by atoms with van der Waals surface area (Å²) in [5.41, 5.74) is -0.679. The molecule has 0 aromatic carbocycles. The van der Waals surface area contributed by atoms with Crippen molar-refractivity contribution in [1.82, 2.24) is 10.6 Å². The average molecular weight is 276 g/mol. The van der Waals surface area contributed by atoms with Gasteiger partial charge in [0.15, 0.2) is 0 Å². The highest BCUT2D eigenvalue weighted by Gasteiger charge is 2.31. The molecule has 0 heterocycles. The summed E-state index contributed by atoms with van der Waals surface area (Å²) in [6, 6.07) is 0. The first-order valence-electron chi connectivity index (χ1n) is 6.12. The molecule has 0 bridgehead atoms. The molecule has 18 heavy (non-hydrogen) atoms. The lowest BCUT2D eigenvalue weighted by Crippen LogP contribution is -2.48. The van der Waals surface area contributed by atoms with Crippen LogP contribution in [0.1, 0.15) is 26.7 Å². The lowest BCUT2D eigenvalue weighted by atomic mass is 10.00. The van der Waals surface area contributed by atoms with Crippen LogP contribution in [0.25, 0.3) is 0 Å². The Morgan fingerprint density at radius 3 is 2.56 bits per heavy atom. The SMILES string of the molecule is CCCNC(=O)CSCCC(C)(NC)C(=O)OC. The van der Waals surface area contributed by atoms with Gasteiger partial charge in [0.2, 0.25) is 5.91 Å².